The highest BCUT2D eigenvalue weighted by Crippen LogP contribution is 2.29. The van der Waals surface area contributed by atoms with E-state index in [0.717, 1.165) is 47.4 Å². The van der Waals surface area contributed by atoms with E-state index >= 15 is 0 Å². The van der Waals surface area contributed by atoms with Crippen LogP contribution in [0.15, 0.2) is 48.5 Å². The van der Waals surface area contributed by atoms with Gasteiger partial charge in [-0.25, -0.2) is 8.42 Å². The van der Waals surface area contributed by atoms with Gasteiger partial charge in [0.15, 0.2) is 0 Å². The Labute approximate surface area is 227 Å². The summed E-state index contributed by atoms with van der Waals surface area (Å²) < 4.78 is 32.2. The molecule has 3 rings (SSSR count). The minimum Gasteiger partial charge on any atom is -0.497 e. The van der Waals surface area contributed by atoms with Crippen LogP contribution in [0.1, 0.15) is 69.9 Å². The van der Waals surface area contributed by atoms with Crippen molar-refractivity contribution in [3.63, 3.8) is 0 Å². The minimum absolute atomic E-state index is 0.0566. The monoisotopic (exact) mass is 543 g/mol. The fourth-order valence-electron chi connectivity index (χ4n) is 4.88. The first-order valence-electron chi connectivity index (χ1n) is 13.3. The zero-order valence-corrected chi connectivity index (χ0v) is 24.0. The van der Waals surface area contributed by atoms with Crippen molar-refractivity contribution in [3.8, 4) is 5.75 Å². The summed E-state index contributed by atoms with van der Waals surface area (Å²) in [5, 5.41) is 3.11. The summed E-state index contributed by atoms with van der Waals surface area (Å²) in [5.74, 6) is 0.0627. The lowest BCUT2D eigenvalue weighted by atomic mass is 9.95. The number of para-hydroxylation sites is 1. The molecule has 0 bridgehead atoms. The molecule has 1 atom stereocenters. The third kappa shape index (κ3) is 7.72. The van der Waals surface area contributed by atoms with E-state index in [1.807, 2.05) is 38.1 Å². The lowest BCUT2D eigenvalue weighted by Crippen LogP contribution is -2.53. The summed E-state index contributed by atoms with van der Waals surface area (Å²) in [6.07, 6.45) is 6.28. The highest BCUT2D eigenvalue weighted by Gasteiger charge is 2.32. The average molecular weight is 544 g/mol. The van der Waals surface area contributed by atoms with Gasteiger partial charge >= 0.3 is 0 Å². The second-order valence-corrected chi connectivity index (χ2v) is 12.3. The molecule has 0 unspecified atom stereocenters. The molecular weight excluding hydrogens is 502 g/mol. The maximum absolute atomic E-state index is 13.8. The van der Waals surface area contributed by atoms with Gasteiger partial charge < -0.3 is 15.0 Å². The molecule has 2 amide bonds. The van der Waals surface area contributed by atoms with Gasteiger partial charge in [0.25, 0.3) is 0 Å². The number of benzene rings is 2. The molecule has 1 aliphatic carbocycles. The Morgan fingerprint density at radius 2 is 1.63 bits per heavy atom. The van der Waals surface area contributed by atoms with E-state index in [-0.39, 0.29) is 24.4 Å². The summed E-state index contributed by atoms with van der Waals surface area (Å²) in [4.78, 5) is 28.6. The van der Waals surface area contributed by atoms with Gasteiger partial charge in [-0.05, 0) is 55.0 Å². The highest BCUT2D eigenvalue weighted by atomic mass is 32.2. The van der Waals surface area contributed by atoms with Crippen LogP contribution in [0, 0.1) is 0 Å². The van der Waals surface area contributed by atoms with Gasteiger partial charge in [-0.2, -0.15) is 0 Å². The third-order valence-electron chi connectivity index (χ3n) is 7.14. The molecule has 9 heteroatoms. The normalized spacial score (nSPS) is 15.1. The van der Waals surface area contributed by atoms with Crippen LogP contribution in [0.4, 0.5) is 5.69 Å². The Balaban J connectivity index is 1.91. The number of hydrogen-bond donors (Lipinski definition) is 1. The number of anilines is 1. The molecule has 1 saturated carbocycles. The number of methoxy groups -OCH3 is 1. The van der Waals surface area contributed by atoms with Crippen molar-refractivity contribution < 1.29 is 22.7 Å². The van der Waals surface area contributed by atoms with Crippen LogP contribution in [0.5, 0.6) is 5.75 Å². The number of carbonyl (C=O) groups is 2. The molecule has 2 aromatic carbocycles. The van der Waals surface area contributed by atoms with Crippen LogP contribution >= 0.6 is 0 Å². The van der Waals surface area contributed by atoms with Crippen molar-refractivity contribution in [2.24, 2.45) is 0 Å². The van der Waals surface area contributed by atoms with E-state index in [9.17, 15) is 18.0 Å². The van der Waals surface area contributed by atoms with Gasteiger partial charge in [-0.1, -0.05) is 63.4 Å². The summed E-state index contributed by atoms with van der Waals surface area (Å²) in [5.41, 5.74) is 2.11. The number of amides is 2. The number of ether oxygens (including phenoxy) is 1. The number of hydrogen-bond acceptors (Lipinski definition) is 5. The Morgan fingerprint density at radius 1 is 1.00 bits per heavy atom. The number of rotatable bonds is 11. The van der Waals surface area contributed by atoms with Crippen LogP contribution in [-0.4, -0.2) is 57.1 Å². The number of nitrogens with zero attached hydrogens (tertiary/aromatic N) is 2. The molecule has 1 aliphatic rings. The predicted octanol–water partition coefficient (Wildman–Crippen LogP) is 4.45. The van der Waals surface area contributed by atoms with E-state index in [0.29, 0.717) is 11.4 Å². The topological polar surface area (TPSA) is 96.0 Å². The van der Waals surface area contributed by atoms with E-state index in [1.54, 1.807) is 38.3 Å². The largest absolute Gasteiger partial charge is 0.497 e. The molecule has 1 fully saturated rings. The molecule has 8 nitrogen and oxygen atoms in total. The van der Waals surface area contributed by atoms with Gasteiger partial charge in [0.1, 0.15) is 18.3 Å². The van der Waals surface area contributed by atoms with Crippen LogP contribution in [0.2, 0.25) is 0 Å². The first-order chi connectivity index (χ1) is 18.0. The average Bonchev–Trinajstić information content (AvgIpc) is 2.90. The molecule has 208 valence electrons. The van der Waals surface area contributed by atoms with Crippen molar-refractivity contribution in [3.05, 3.63) is 59.7 Å². The third-order valence-corrected chi connectivity index (χ3v) is 8.26. The number of sulfonamides is 1. The van der Waals surface area contributed by atoms with Crippen molar-refractivity contribution >= 4 is 27.5 Å². The van der Waals surface area contributed by atoms with Crippen molar-refractivity contribution in [2.45, 2.75) is 77.4 Å². The Bertz CT molecular complexity index is 1190. The highest BCUT2D eigenvalue weighted by molar-refractivity contribution is 7.92. The van der Waals surface area contributed by atoms with Crippen molar-refractivity contribution in [1.82, 2.24) is 10.2 Å². The van der Waals surface area contributed by atoms with Gasteiger partial charge in [0.05, 0.1) is 19.1 Å². The SMILES string of the molecule is COc1ccc(CN(C(=O)CN(c2ccccc2C(C)C)S(C)(=O)=O)[C@@H](C)C(=O)NC2CCCCC2)cc1. The van der Waals surface area contributed by atoms with Gasteiger partial charge in [0, 0.05) is 12.6 Å². The standard InChI is InChI=1S/C29H41N3O5S/c1-21(2)26-13-9-10-14-27(26)32(38(5,35)36)20-28(33)31(19-23-15-17-25(37-4)18-16-23)22(3)29(34)30-24-11-7-6-8-12-24/h9-10,13-18,21-22,24H,6-8,11-12,19-20H2,1-5H3,(H,30,34)/t22-/m0/s1. The molecule has 0 spiro atoms. The van der Waals surface area contributed by atoms with Crippen LogP contribution in [0.25, 0.3) is 0 Å². The summed E-state index contributed by atoms with van der Waals surface area (Å²) in [6.45, 7) is 5.42. The fourth-order valence-corrected chi connectivity index (χ4v) is 5.75. The molecule has 0 aliphatic heterocycles. The quantitative estimate of drug-likeness (QED) is 0.452. The molecule has 0 heterocycles. The Morgan fingerprint density at radius 3 is 2.21 bits per heavy atom. The molecule has 2 aromatic rings. The van der Waals surface area contributed by atoms with E-state index in [1.165, 1.54) is 11.3 Å². The zero-order valence-electron chi connectivity index (χ0n) is 23.1. The molecule has 38 heavy (non-hydrogen) atoms. The summed E-state index contributed by atoms with van der Waals surface area (Å²) in [6, 6.07) is 13.8. The number of nitrogens with one attached hydrogen (secondary N) is 1. The second-order valence-electron chi connectivity index (χ2n) is 10.4. The van der Waals surface area contributed by atoms with Crippen molar-refractivity contribution in [1.29, 1.82) is 0 Å². The molecule has 0 aromatic heterocycles. The molecular formula is C29H41N3O5S. The first-order valence-corrected chi connectivity index (χ1v) is 15.2. The smallest absolute Gasteiger partial charge is 0.244 e. The zero-order chi connectivity index (χ0) is 27.9. The first kappa shape index (κ1) is 29.5. The molecule has 0 radical (unpaired) electrons. The molecule has 1 N–H and O–H groups in total. The Kier molecular flexibility index (Phi) is 10.2. The van der Waals surface area contributed by atoms with Crippen LogP contribution < -0.4 is 14.4 Å². The lowest BCUT2D eigenvalue weighted by molar-refractivity contribution is -0.139. The maximum Gasteiger partial charge on any atom is 0.244 e. The molecule has 0 saturated heterocycles. The van der Waals surface area contributed by atoms with Gasteiger partial charge in [-0.15, -0.1) is 0 Å². The van der Waals surface area contributed by atoms with E-state index < -0.39 is 28.5 Å². The van der Waals surface area contributed by atoms with Crippen LogP contribution in [0.3, 0.4) is 0 Å². The van der Waals surface area contributed by atoms with E-state index in [4.69, 9.17) is 4.74 Å². The van der Waals surface area contributed by atoms with Crippen molar-refractivity contribution in [2.75, 3.05) is 24.2 Å². The lowest BCUT2D eigenvalue weighted by Gasteiger charge is -2.33. The Hall–Kier alpha value is -3.07. The second kappa shape index (κ2) is 13.1. The summed E-state index contributed by atoms with van der Waals surface area (Å²) in [7, 11) is -2.20. The minimum atomic E-state index is -3.78. The van der Waals surface area contributed by atoms with E-state index in [2.05, 4.69) is 5.32 Å². The van der Waals surface area contributed by atoms with Gasteiger partial charge in [0.2, 0.25) is 21.8 Å². The summed E-state index contributed by atoms with van der Waals surface area (Å²) >= 11 is 0. The number of carbonyl (C=O) groups excluding carboxylic acids is 2. The fraction of sp³-hybridized carbons (Fsp3) is 0.517. The van der Waals surface area contributed by atoms with Gasteiger partial charge in [-0.3, -0.25) is 13.9 Å². The predicted molar refractivity (Wildman–Crippen MR) is 151 cm³/mol. The van der Waals surface area contributed by atoms with Crippen LogP contribution in [-0.2, 0) is 26.2 Å². The maximum atomic E-state index is 13.8.